The second-order valence-corrected chi connectivity index (χ2v) is 5.81. The number of hydrogen-bond acceptors (Lipinski definition) is 2. The average Bonchev–Trinajstić information content (AvgIpc) is 3.17. The summed E-state index contributed by atoms with van der Waals surface area (Å²) in [5.41, 5.74) is 3.23. The molecule has 1 N–H and O–H groups in total. The number of nitrogens with one attached hydrogen (secondary N) is 1. The Kier molecular flexibility index (Phi) is 5.40. The van der Waals surface area contributed by atoms with E-state index in [2.05, 4.69) is 17.0 Å². The van der Waals surface area contributed by atoms with Crippen LogP contribution in [0.1, 0.15) is 12.1 Å². The number of hydrogen-bond donors (Lipinski definition) is 1. The van der Waals surface area contributed by atoms with E-state index in [0.717, 1.165) is 22.8 Å². The molecule has 0 saturated heterocycles. The third kappa shape index (κ3) is 4.44. The van der Waals surface area contributed by atoms with Crippen molar-refractivity contribution in [2.75, 3.05) is 0 Å². The van der Waals surface area contributed by atoms with Crippen LogP contribution in [0.2, 0.25) is 0 Å². The van der Waals surface area contributed by atoms with Crippen molar-refractivity contribution in [3.8, 4) is 22.4 Å². The molecule has 0 aliphatic carbocycles. The number of benzene rings is 2. The highest BCUT2D eigenvalue weighted by atomic mass is 19.3. The lowest BCUT2D eigenvalue weighted by atomic mass is 9.98. The summed E-state index contributed by atoms with van der Waals surface area (Å²) in [7, 11) is 0. The number of carbonyl (C=O) groups excluding carboxylic acids is 1. The van der Waals surface area contributed by atoms with Gasteiger partial charge in [-0.15, -0.1) is 0 Å². The van der Waals surface area contributed by atoms with Gasteiger partial charge in [0.15, 0.2) is 0 Å². The van der Waals surface area contributed by atoms with Crippen LogP contribution in [-0.4, -0.2) is 15.7 Å². The van der Waals surface area contributed by atoms with Crippen molar-refractivity contribution in [2.24, 2.45) is 0 Å². The summed E-state index contributed by atoms with van der Waals surface area (Å²) in [6, 6.07) is 12.8. The van der Waals surface area contributed by atoms with Crippen LogP contribution >= 0.6 is 0 Å². The first kappa shape index (κ1) is 18.4. The van der Waals surface area contributed by atoms with Gasteiger partial charge in [-0.3, -0.25) is 4.79 Å². The third-order valence-electron chi connectivity index (χ3n) is 3.93. The molecule has 1 heterocycles. The minimum absolute atomic E-state index is 0.225. The Labute approximate surface area is 153 Å². The summed E-state index contributed by atoms with van der Waals surface area (Å²) in [6.45, 7) is 0.893. The smallest absolute Gasteiger partial charge is 0.333 e. The van der Waals surface area contributed by atoms with Crippen LogP contribution in [0.4, 0.5) is 13.2 Å². The first-order valence-corrected chi connectivity index (χ1v) is 8.10. The molecular weight excluding hydrogens is 355 g/mol. The van der Waals surface area contributed by atoms with E-state index in [-0.39, 0.29) is 18.3 Å². The summed E-state index contributed by atoms with van der Waals surface area (Å²) < 4.78 is 39.4. The molecule has 0 unspecified atom stereocenters. The number of alkyl halides is 2. The van der Waals surface area contributed by atoms with Crippen LogP contribution in [0.25, 0.3) is 22.4 Å². The van der Waals surface area contributed by atoms with Crippen LogP contribution in [0.3, 0.4) is 0 Å². The SMILES string of the molecule is C=CC(=O)NCc1cc(-c2ccc(F)cc2)cc(-c2ccn(C(F)F)n2)c1. The number of aromatic nitrogens is 2. The molecule has 4 nitrogen and oxygen atoms in total. The third-order valence-corrected chi connectivity index (χ3v) is 3.93. The summed E-state index contributed by atoms with van der Waals surface area (Å²) in [4.78, 5) is 11.4. The topological polar surface area (TPSA) is 46.9 Å². The van der Waals surface area contributed by atoms with E-state index in [9.17, 15) is 18.0 Å². The van der Waals surface area contributed by atoms with Crippen LogP contribution in [-0.2, 0) is 11.3 Å². The first-order chi connectivity index (χ1) is 13.0. The Morgan fingerprint density at radius 2 is 1.81 bits per heavy atom. The van der Waals surface area contributed by atoms with E-state index in [4.69, 9.17) is 0 Å². The maximum atomic E-state index is 13.2. The average molecular weight is 371 g/mol. The van der Waals surface area contributed by atoms with Gasteiger partial charge >= 0.3 is 6.55 Å². The van der Waals surface area contributed by atoms with E-state index >= 15 is 0 Å². The molecule has 2 aromatic carbocycles. The van der Waals surface area contributed by atoms with Crippen LogP contribution in [0, 0.1) is 5.82 Å². The molecule has 0 atom stereocenters. The number of amides is 1. The van der Waals surface area contributed by atoms with Crippen LogP contribution in [0.5, 0.6) is 0 Å². The molecule has 3 aromatic rings. The molecule has 0 aliphatic rings. The maximum absolute atomic E-state index is 13.2. The van der Waals surface area contributed by atoms with Gasteiger partial charge in [-0.2, -0.15) is 13.9 Å². The van der Waals surface area contributed by atoms with Gasteiger partial charge in [0.2, 0.25) is 5.91 Å². The molecule has 0 bridgehead atoms. The maximum Gasteiger partial charge on any atom is 0.333 e. The van der Waals surface area contributed by atoms with Crippen molar-refractivity contribution < 1.29 is 18.0 Å². The fourth-order valence-corrected chi connectivity index (χ4v) is 2.61. The van der Waals surface area contributed by atoms with Gasteiger partial charge in [0.1, 0.15) is 5.82 Å². The lowest BCUT2D eigenvalue weighted by Crippen LogP contribution is -2.19. The Balaban J connectivity index is 2.02. The largest absolute Gasteiger partial charge is 0.348 e. The summed E-state index contributed by atoms with van der Waals surface area (Å²) in [5.74, 6) is -0.685. The monoisotopic (exact) mass is 371 g/mol. The highest BCUT2D eigenvalue weighted by Gasteiger charge is 2.12. The van der Waals surface area contributed by atoms with Crippen molar-refractivity contribution >= 4 is 5.91 Å². The fraction of sp³-hybridized carbons (Fsp3) is 0.100. The quantitative estimate of drug-likeness (QED) is 0.646. The van der Waals surface area contributed by atoms with Crippen molar-refractivity contribution in [1.82, 2.24) is 15.1 Å². The lowest BCUT2D eigenvalue weighted by Gasteiger charge is -2.10. The lowest BCUT2D eigenvalue weighted by molar-refractivity contribution is -0.116. The first-order valence-electron chi connectivity index (χ1n) is 8.10. The zero-order valence-electron chi connectivity index (χ0n) is 14.2. The highest BCUT2D eigenvalue weighted by molar-refractivity contribution is 5.86. The molecule has 0 spiro atoms. The van der Waals surface area contributed by atoms with Crippen LogP contribution in [0.15, 0.2) is 67.4 Å². The molecule has 0 radical (unpaired) electrons. The predicted octanol–water partition coefficient (Wildman–Crippen LogP) is 4.55. The van der Waals surface area contributed by atoms with E-state index in [1.807, 2.05) is 6.07 Å². The molecule has 0 saturated carbocycles. The van der Waals surface area contributed by atoms with Gasteiger partial charge in [0.25, 0.3) is 0 Å². The highest BCUT2D eigenvalue weighted by Crippen LogP contribution is 2.28. The van der Waals surface area contributed by atoms with Gasteiger partial charge in [-0.05, 0) is 59.2 Å². The summed E-state index contributed by atoms with van der Waals surface area (Å²) in [5, 5.41) is 6.56. The molecule has 138 valence electrons. The number of rotatable bonds is 6. The van der Waals surface area contributed by atoms with Crippen molar-refractivity contribution in [3.63, 3.8) is 0 Å². The molecule has 0 aliphatic heterocycles. The molecule has 0 fully saturated rings. The molecule has 27 heavy (non-hydrogen) atoms. The minimum atomic E-state index is -2.73. The number of halogens is 3. The van der Waals surface area contributed by atoms with Gasteiger partial charge in [-0.25, -0.2) is 9.07 Å². The molecule has 1 amide bonds. The number of nitrogens with zero attached hydrogens (tertiary/aromatic N) is 2. The molecule has 3 rings (SSSR count). The second kappa shape index (κ2) is 7.90. The zero-order chi connectivity index (χ0) is 19.4. The zero-order valence-corrected chi connectivity index (χ0v) is 14.2. The Hall–Kier alpha value is -3.35. The summed E-state index contributed by atoms with van der Waals surface area (Å²) in [6.07, 6.45) is 2.36. The van der Waals surface area contributed by atoms with E-state index in [1.54, 1.807) is 24.3 Å². The van der Waals surface area contributed by atoms with Gasteiger partial charge in [0, 0.05) is 18.3 Å². The predicted molar refractivity (Wildman–Crippen MR) is 96.4 cm³/mol. The molecule has 7 heteroatoms. The standard InChI is InChI=1S/C20H16F3N3O/c1-2-19(27)24-12-13-9-15(14-3-5-17(21)6-4-14)11-16(10-13)18-7-8-26(25-18)20(22)23/h2-11,20H,1,12H2,(H,24,27). The Bertz CT molecular complexity index is 965. The molecular formula is C20H16F3N3O. The van der Waals surface area contributed by atoms with E-state index < -0.39 is 6.55 Å². The van der Waals surface area contributed by atoms with Gasteiger partial charge in [0.05, 0.1) is 5.69 Å². The normalized spacial score (nSPS) is 10.8. The Morgan fingerprint density at radius 1 is 1.11 bits per heavy atom. The van der Waals surface area contributed by atoms with E-state index in [0.29, 0.717) is 15.9 Å². The fourth-order valence-electron chi connectivity index (χ4n) is 2.61. The summed E-state index contributed by atoms with van der Waals surface area (Å²) >= 11 is 0. The van der Waals surface area contributed by atoms with E-state index in [1.165, 1.54) is 24.4 Å². The minimum Gasteiger partial charge on any atom is -0.348 e. The number of carbonyl (C=O) groups is 1. The van der Waals surface area contributed by atoms with Gasteiger partial charge in [-0.1, -0.05) is 18.7 Å². The van der Waals surface area contributed by atoms with Crippen molar-refractivity contribution in [3.05, 3.63) is 78.8 Å². The van der Waals surface area contributed by atoms with Crippen molar-refractivity contribution in [2.45, 2.75) is 13.1 Å². The van der Waals surface area contributed by atoms with Crippen LogP contribution < -0.4 is 5.32 Å². The molecule has 1 aromatic heterocycles. The Morgan fingerprint density at radius 3 is 2.44 bits per heavy atom. The second-order valence-electron chi connectivity index (χ2n) is 5.81. The van der Waals surface area contributed by atoms with Gasteiger partial charge < -0.3 is 5.32 Å². The van der Waals surface area contributed by atoms with Crippen molar-refractivity contribution in [1.29, 1.82) is 0 Å².